The summed E-state index contributed by atoms with van der Waals surface area (Å²) < 4.78 is 36.3. The van der Waals surface area contributed by atoms with E-state index in [1.807, 2.05) is 0 Å². The first-order valence-corrected chi connectivity index (χ1v) is 8.06. The van der Waals surface area contributed by atoms with Gasteiger partial charge in [0.1, 0.15) is 10.0 Å². The molecular weight excluding hydrogens is 320 g/mol. The van der Waals surface area contributed by atoms with Gasteiger partial charge in [-0.25, -0.2) is 13.4 Å². The molecule has 0 amide bonds. The predicted octanol–water partition coefficient (Wildman–Crippen LogP) is 0.688. The smallest absolute Gasteiger partial charge is 0.308 e. The van der Waals surface area contributed by atoms with E-state index in [9.17, 15) is 13.2 Å². The fourth-order valence-corrected chi connectivity index (χ4v) is 3.89. The minimum Gasteiger partial charge on any atom is -0.469 e. The Morgan fingerprint density at radius 1 is 1.62 bits per heavy atom. The molecule has 0 radical (unpaired) electrons. The van der Waals surface area contributed by atoms with Gasteiger partial charge in [0.05, 0.1) is 26.2 Å². The lowest BCUT2D eigenvalue weighted by Gasteiger charge is -2.31. The zero-order valence-corrected chi connectivity index (χ0v) is 12.9. The van der Waals surface area contributed by atoms with Crippen molar-refractivity contribution in [2.75, 3.05) is 26.8 Å². The van der Waals surface area contributed by atoms with Crippen LogP contribution in [0.5, 0.6) is 0 Å². The standard InChI is InChI=1S/C12H15ClN2O5S/c1-19-11(16)7-9-8-15(5-6-20-9)21(17,18)10-3-2-4-14-12(10)13/h2-4,9H,5-8H2,1H3. The minimum absolute atomic E-state index is 0.00327. The van der Waals surface area contributed by atoms with Crippen LogP contribution < -0.4 is 0 Å². The van der Waals surface area contributed by atoms with Gasteiger partial charge < -0.3 is 9.47 Å². The SMILES string of the molecule is COC(=O)CC1CN(S(=O)(=O)c2cccnc2Cl)CCO1. The number of morpholine rings is 1. The summed E-state index contributed by atoms with van der Waals surface area (Å²) in [5, 5.41) is -0.0755. The molecule has 1 aromatic heterocycles. The molecule has 116 valence electrons. The van der Waals surface area contributed by atoms with Crippen molar-refractivity contribution in [2.45, 2.75) is 17.4 Å². The zero-order chi connectivity index (χ0) is 15.5. The molecule has 1 aliphatic rings. The highest BCUT2D eigenvalue weighted by Gasteiger charge is 2.33. The molecule has 0 bridgehead atoms. The first-order chi connectivity index (χ1) is 9.95. The van der Waals surface area contributed by atoms with E-state index in [1.54, 1.807) is 0 Å². The van der Waals surface area contributed by atoms with Crippen molar-refractivity contribution >= 4 is 27.6 Å². The Morgan fingerprint density at radius 3 is 3.05 bits per heavy atom. The maximum absolute atomic E-state index is 12.5. The van der Waals surface area contributed by atoms with Crippen LogP contribution in [0.15, 0.2) is 23.2 Å². The van der Waals surface area contributed by atoms with Crippen molar-refractivity contribution in [3.8, 4) is 0 Å². The first-order valence-electron chi connectivity index (χ1n) is 6.24. The van der Waals surface area contributed by atoms with Crippen molar-refractivity contribution < 1.29 is 22.7 Å². The number of hydrogen-bond donors (Lipinski definition) is 0. The normalized spacial score (nSPS) is 20.2. The number of ether oxygens (including phenoxy) is 2. The van der Waals surface area contributed by atoms with Gasteiger partial charge in [-0.1, -0.05) is 11.6 Å². The van der Waals surface area contributed by atoms with Gasteiger partial charge in [0.25, 0.3) is 0 Å². The second-order valence-electron chi connectivity index (χ2n) is 4.43. The van der Waals surface area contributed by atoms with Gasteiger partial charge >= 0.3 is 5.97 Å². The van der Waals surface area contributed by atoms with Crippen LogP contribution in [0.2, 0.25) is 5.15 Å². The number of carbonyl (C=O) groups is 1. The van der Waals surface area contributed by atoms with Crippen molar-refractivity contribution in [1.82, 2.24) is 9.29 Å². The van der Waals surface area contributed by atoms with Crippen molar-refractivity contribution in [1.29, 1.82) is 0 Å². The Balaban J connectivity index is 2.17. The molecule has 2 rings (SSSR count). The third-order valence-corrected chi connectivity index (χ3v) is 5.38. The van der Waals surface area contributed by atoms with Crippen molar-refractivity contribution in [3.63, 3.8) is 0 Å². The van der Waals surface area contributed by atoms with Crippen molar-refractivity contribution in [3.05, 3.63) is 23.5 Å². The van der Waals surface area contributed by atoms with E-state index in [0.29, 0.717) is 0 Å². The Labute approximate surface area is 127 Å². The van der Waals surface area contributed by atoms with Gasteiger partial charge in [-0.05, 0) is 12.1 Å². The third kappa shape index (κ3) is 3.70. The van der Waals surface area contributed by atoms with Crippen LogP contribution in [-0.2, 0) is 24.3 Å². The summed E-state index contributed by atoms with van der Waals surface area (Å²) in [4.78, 5) is 15.0. The number of hydrogen-bond acceptors (Lipinski definition) is 6. The van der Waals surface area contributed by atoms with Crippen LogP contribution >= 0.6 is 11.6 Å². The fraction of sp³-hybridized carbons (Fsp3) is 0.500. The largest absolute Gasteiger partial charge is 0.469 e. The number of pyridine rings is 1. The summed E-state index contributed by atoms with van der Waals surface area (Å²) in [5.74, 6) is -0.446. The molecule has 7 nitrogen and oxygen atoms in total. The van der Waals surface area contributed by atoms with Crippen LogP contribution in [0.3, 0.4) is 0 Å². The number of carbonyl (C=O) groups excluding carboxylic acids is 1. The highest BCUT2D eigenvalue weighted by atomic mass is 35.5. The lowest BCUT2D eigenvalue weighted by Crippen LogP contribution is -2.46. The lowest BCUT2D eigenvalue weighted by molar-refractivity contribution is -0.145. The number of methoxy groups -OCH3 is 1. The van der Waals surface area contributed by atoms with Gasteiger partial charge in [-0.3, -0.25) is 4.79 Å². The summed E-state index contributed by atoms with van der Waals surface area (Å²) in [6.45, 7) is 0.479. The maximum atomic E-state index is 12.5. The van der Waals surface area contributed by atoms with Crippen LogP contribution in [0.1, 0.15) is 6.42 Å². The van der Waals surface area contributed by atoms with E-state index in [2.05, 4.69) is 9.72 Å². The molecule has 1 aromatic rings. The van der Waals surface area contributed by atoms with E-state index in [-0.39, 0.29) is 36.2 Å². The van der Waals surface area contributed by atoms with Gasteiger partial charge in [-0.2, -0.15) is 4.31 Å². The summed E-state index contributed by atoms with van der Waals surface area (Å²) in [7, 11) is -2.49. The number of esters is 1. The molecule has 1 unspecified atom stereocenters. The second kappa shape index (κ2) is 6.69. The van der Waals surface area contributed by atoms with E-state index in [1.165, 1.54) is 29.7 Å². The van der Waals surface area contributed by atoms with E-state index in [0.717, 1.165) is 0 Å². The van der Waals surface area contributed by atoms with Gasteiger partial charge in [0.15, 0.2) is 0 Å². The number of rotatable bonds is 4. The summed E-state index contributed by atoms with van der Waals surface area (Å²) in [6.07, 6.45) is 0.890. The van der Waals surface area contributed by atoms with E-state index >= 15 is 0 Å². The Hall–Kier alpha value is -1.22. The Bertz CT molecular complexity index is 622. The third-order valence-electron chi connectivity index (χ3n) is 3.07. The van der Waals surface area contributed by atoms with E-state index in [4.69, 9.17) is 16.3 Å². The Kier molecular flexibility index (Phi) is 5.15. The quantitative estimate of drug-likeness (QED) is 0.595. The second-order valence-corrected chi connectivity index (χ2v) is 6.69. The first kappa shape index (κ1) is 16.2. The molecule has 1 saturated heterocycles. The number of aromatic nitrogens is 1. The number of nitrogens with zero attached hydrogens (tertiary/aromatic N) is 2. The molecular formula is C12H15ClN2O5S. The summed E-state index contributed by atoms with van der Waals surface area (Å²) >= 11 is 5.85. The predicted molar refractivity (Wildman–Crippen MR) is 74.4 cm³/mol. The molecule has 0 N–H and O–H groups in total. The molecule has 0 saturated carbocycles. The maximum Gasteiger partial charge on any atom is 0.308 e. The molecule has 21 heavy (non-hydrogen) atoms. The molecule has 0 aromatic carbocycles. The zero-order valence-electron chi connectivity index (χ0n) is 11.4. The summed E-state index contributed by atoms with van der Waals surface area (Å²) in [6, 6.07) is 2.90. The molecule has 0 aliphatic carbocycles. The number of sulfonamides is 1. The van der Waals surface area contributed by atoms with Crippen LogP contribution in [0.25, 0.3) is 0 Å². The Morgan fingerprint density at radius 2 is 2.38 bits per heavy atom. The van der Waals surface area contributed by atoms with Crippen LogP contribution in [0.4, 0.5) is 0 Å². The van der Waals surface area contributed by atoms with Gasteiger partial charge in [0.2, 0.25) is 10.0 Å². The van der Waals surface area contributed by atoms with Crippen LogP contribution in [0, 0.1) is 0 Å². The average Bonchev–Trinajstić information content (AvgIpc) is 2.47. The van der Waals surface area contributed by atoms with Crippen molar-refractivity contribution in [2.24, 2.45) is 0 Å². The molecule has 0 spiro atoms. The monoisotopic (exact) mass is 334 g/mol. The van der Waals surface area contributed by atoms with Crippen LogP contribution in [-0.4, -0.2) is 56.6 Å². The highest BCUT2D eigenvalue weighted by molar-refractivity contribution is 7.89. The minimum atomic E-state index is -3.76. The average molecular weight is 335 g/mol. The highest BCUT2D eigenvalue weighted by Crippen LogP contribution is 2.24. The molecule has 1 fully saturated rings. The topological polar surface area (TPSA) is 85.8 Å². The molecule has 1 aliphatic heterocycles. The lowest BCUT2D eigenvalue weighted by atomic mass is 10.2. The van der Waals surface area contributed by atoms with Gasteiger partial charge in [0, 0.05) is 19.3 Å². The number of halogens is 1. The molecule has 1 atom stereocenters. The molecule has 9 heteroatoms. The molecule has 2 heterocycles. The summed E-state index contributed by atoms with van der Waals surface area (Å²) in [5.41, 5.74) is 0. The van der Waals surface area contributed by atoms with Gasteiger partial charge in [-0.15, -0.1) is 0 Å². The fourth-order valence-electron chi connectivity index (χ4n) is 2.01. The van der Waals surface area contributed by atoms with E-state index < -0.39 is 22.1 Å².